The van der Waals surface area contributed by atoms with Crippen molar-refractivity contribution in [2.75, 3.05) is 18.6 Å². The lowest BCUT2D eigenvalue weighted by atomic mass is 10.1. The van der Waals surface area contributed by atoms with Crippen LogP contribution in [-0.4, -0.2) is 36.4 Å². The van der Waals surface area contributed by atoms with E-state index >= 15 is 0 Å². The van der Waals surface area contributed by atoms with Gasteiger partial charge in [-0.25, -0.2) is 4.79 Å². The van der Waals surface area contributed by atoms with Crippen molar-refractivity contribution in [2.24, 2.45) is 0 Å². The van der Waals surface area contributed by atoms with Crippen molar-refractivity contribution >= 4 is 23.3 Å². The summed E-state index contributed by atoms with van der Waals surface area (Å²) in [4.78, 5) is 35.7. The van der Waals surface area contributed by atoms with Crippen molar-refractivity contribution in [1.82, 2.24) is 0 Å². The van der Waals surface area contributed by atoms with E-state index in [-0.39, 0.29) is 12.1 Å². The fourth-order valence-corrected chi connectivity index (χ4v) is 2.07. The summed E-state index contributed by atoms with van der Waals surface area (Å²) in [5.41, 5.74) is 1.22. The molecule has 104 valence electrons. The molecule has 0 fully saturated rings. The molecule has 0 saturated heterocycles. The van der Waals surface area contributed by atoms with Crippen molar-refractivity contribution < 1.29 is 24.2 Å². The molecule has 20 heavy (non-hydrogen) atoms. The maximum Gasteiger partial charge on any atom is 0.328 e. The first kappa shape index (κ1) is 13.8. The Kier molecular flexibility index (Phi) is 3.56. The molecule has 1 aliphatic rings. The minimum absolute atomic E-state index is 0.0657. The molecule has 0 unspecified atom stereocenters. The first-order valence-electron chi connectivity index (χ1n) is 5.88. The summed E-state index contributed by atoms with van der Waals surface area (Å²) >= 11 is 0. The number of ketones is 1. The zero-order chi connectivity index (χ0) is 14.9. The highest BCUT2D eigenvalue weighted by Gasteiger charge is 2.36. The zero-order valence-electron chi connectivity index (χ0n) is 11.0. The standard InChI is InChI=1S/C14H13NO5/c1-8(5-12(16)17)7-15-11-4-3-9(20-2)6-10(11)13(18)14(15)19/h3-6H,7H2,1-2H3,(H,16,17). The topological polar surface area (TPSA) is 83.9 Å². The van der Waals surface area contributed by atoms with E-state index in [2.05, 4.69) is 0 Å². The molecule has 0 atom stereocenters. The number of ether oxygens (including phenoxy) is 1. The summed E-state index contributed by atoms with van der Waals surface area (Å²) in [7, 11) is 1.47. The molecule has 0 aliphatic carbocycles. The Labute approximate surface area is 115 Å². The van der Waals surface area contributed by atoms with Gasteiger partial charge in [-0.05, 0) is 30.7 Å². The first-order valence-corrected chi connectivity index (χ1v) is 5.88. The summed E-state index contributed by atoms with van der Waals surface area (Å²) in [5, 5.41) is 8.68. The number of carbonyl (C=O) groups excluding carboxylic acids is 2. The summed E-state index contributed by atoms with van der Waals surface area (Å²) in [6.45, 7) is 1.66. The van der Waals surface area contributed by atoms with Crippen molar-refractivity contribution in [1.29, 1.82) is 0 Å². The Morgan fingerprint density at radius 3 is 2.70 bits per heavy atom. The van der Waals surface area contributed by atoms with Gasteiger partial charge < -0.3 is 14.7 Å². The highest BCUT2D eigenvalue weighted by molar-refractivity contribution is 6.52. The third kappa shape index (κ3) is 2.40. The molecule has 0 aromatic heterocycles. The summed E-state index contributed by atoms with van der Waals surface area (Å²) in [5.74, 6) is -1.87. The fourth-order valence-electron chi connectivity index (χ4n) is 2.07. The molecule has 2 rings (SSSR count). The van der Waals surface area contributed by atoms with Crippen LogP contribution in [0.25, 0.3) is 0 Å². The highest BCUT2D eigenvalue weighted by Crippen LogP contribution is 2.32. The van der Waals surface area contributed by atoms with Gasteiger partial charge in [0.15, 0.2) is 0 Å². The van der Waals surface area contributed by atoms with Gasteiger partial charge in [0, 0.05) is 12.6 Å². The van der Waals surface area contributed by atoms with E-state index in [1.807, 2.05) is 0 Å². The van der Waals surface area contributed by atoms with Crippen LogP contribution < -0.4 is 9.64 Å². The van der Waals surface area contributed by atoms with E-state index < -0.39 is 17.7 Å². The van der Waals surface area contributed by atoms with E-state index in [0.29, 0.717) is 17.0 Å². The van der Waals surface area contributed by atoms with Crippen molar-refractivity contribution in [3.63, 3.8) is 0 Å². The zero-order valence-corrected chi connectivity index (χ0v) is 11.0. The van der Waals surface area contributed by atoms with Crippen LogP contribution in [0.15, 0.2) is 29.8 Å². The summed E-state index contributed by atoms with van der Waals surface area (Å²) < 4.78 is 5.02. The Bertz CT molecular complexity index is 632. The van der Waals surface area contributed by atoms with Crippen LogP contribution in [0.3, 0.4) is 0 Å². The van der Waals surface area contributed by atoms with Gasteiger partial charge >= 0.3 is 5.97 Å². The van der Waals surface area contributed by atoms with Crippen molar-refractivity contribution in [3.05, 3.63) is 35.4 Å². The number of carbonyl (C=O) groups is 3. The largest absolute Gasteiger partial charge is 0.497 e. The number of hydrogen-bond donors (Lipinski definition) is 1. The molecule has 1 heterocycles. The number of carboxylic acid groups (broad SMARTS) is 1. The third-order valence-electron chi connectivity index (χ3n) is 2.96. The van der Waals surface area contributed by atoms with Gasteiger partial charge in [0.05, 0.1) is 18.4 Å². The molecule has 6 nitrogen and oxygen atoms in total. The lowest BCUT2D eigenvalue weighted by Gasteiger charge is -2.16. The minimum atomic E-state index is -1.09. The lowest BCUT2D eigenvalue weighted by molar-refractivity contribution is -0.131. The average molecular weight is 275 g/mol. The van der Waals surface area contributed by atoms with Crippen LogP contribution in [0.1, 0.15) is 17.3 Å². The predicted molar refractivity (Wildman–Crippen MR) is 71.1 cm³/mol. The van der Waals surface area contributed by atoms with E-state index in [0.717, 1.165) is 6.08 Å². The number of nitrogens with zero attached hydrogens (tertiary/aromatic N) is 1. The minimum Gasteiger partial charge on any atom is -0.497 e. The van der Waals surface area contributed by atoms with Gasteiger partial charge in [0.2, 0.25) is 0 Å². The number of carboxylic acids is 1. The van der Waals surface area contributed by atoms with Crippen molar-refractivity contribution in [2.45, 2.75) is 6.92 Å². The number of aliphatic carboxylic acids is 1. The fraction of sp³-hybridized carbons (Fsp3) is 0.214. The lowest BCUT2D eigenvalue weighted by Crippen LogP contribution is -2.31. The molecule has 0 spiro atoms. The van der Waals surface area contributed by atoms with Crippen LogP contribution in [0.4, 0.5) is 5.69 Å². The number of anilines is 1. The summed E-state index contributed by atoms with van der Waals surface area (Å²) in [6.07, 6.45) is 1.01. The first-order chi connectivity index (χ1) is 9.43. The van der Waals surface area contributed by atoms with Crippen molar-refractivity contribution in [3.8, 4) is 5.75 Å². The predicted octanol–water partition coefficient (Wildman–Crippen LogP) is 1.26. The SMILES string of the molecule is COc1ccc2c(c1)C(=O)C(=O)N2CC(C)=CC(=O)O. The maximum absolute atomic E-state index is 11.9. The molecule has 6 heteroatoms. The van der Waals surface area contributed by atoms with E-state index in [1.54, 1.807) is 19.1 Å². The number of benzene rings is 1. The molecule has 1 amide bonds. The maximum atomic E-state index is 11.9. The van der Waals surface area contributed by atoms with Crippen LogP contribution in [-0.2, 0) is 9.59 Å². The molecular weight excluding hydrogens is 262 g/mol. The van der Waals surface area contributed by atoms with Gasteiger partial charge in [-0.15, -0.1) is 0 Å². The van der Waals surface area contributed by atoms with Gasteiger partial charge in [-0.3, -0.25) is 9.59 Å². The smallest absolute Gasteiger partial charge is 0.328 e. The third-order valence-corrected chi connectivity index (χ3v) is 2.96. The molecule has 1 aromatic rings. The number of rotatable bonds is 4. The van der Waals surface area contributed by atoms with E-state index in [1.165, 1.54) is 18.1 Å². The molecule has 0 radical (unpaired) electrons. The molecular formula is C14H13NO5. The molecule has 1 N–H and O–H groups in total. The Balaban J connectivity index is 2.36. The van der Waals surface area contributed by atoms with E-state index in [9.17, 15) is 14.4 Å². The van der Waals surface area contributed by atoms with E-state index in [4.69, 9.17) is 9.84 Å². The van der Waals surface area contributed by atoms with Crippen LogP contribution in [0.2, 0.25) is 0 Å². The van der Waals surface area contributed by atoms with Crippen LogP contribution in [0, 0.1) is 0 Å². The van der Waals surface area contributed by atoms with Crippen LogP contribution in [0.5, 0.6) is 5.75 Å². The Morgan fingerprint density at radius 2 is 2.10 bits per heavy atom. The van der Waals surface area contributed by atoms with Gasteiger partial charge in [-0.1, -0.05) is 0 Å². The number of methoxy groups -OCH3 is 1. The molecule has 1 aromatic carbocycles. The number of amides is 1. The quantitative estimate of drug-likeness (QED) is 0.660. The normalized spacial score (nSPS) is 14.5. The average Bonchev–Trinajstić information content (AvgIpc) is 2.62. The number of Topliss-reactive ketones (excluding diaryl/α,β-unsaturated/α-hetero) is 1. The highest BCUT2D eigenvalue weighted by atomic mass is 16.5. The van der Waals surface area contributed by atoms with Gasteiger partial charge in [0.25, 0.3) is 11.7 Å². The second-order valence-corrected chi connectivity index (χ2v) is 4.43. The second-order valence-electron chi connectivity index (χ2n) is 4.43. The summed E-state index contributed by atoms with van der Waals surface area (Å²) in [6, 6.07) is 4.77. The van der Waals surface area contributed by atoms with Crippen LogP contribution >= 0.6 is 0 Å². The Hall–Kier alpha value is -2.63. The van der Waals surface area contributed by atoms with Gasteiger partial charge in [-0.2, -0.15) is 0 Å². The molecule has 0 saturated carbocycles. The Morgan fingerprint density at radius 1 is 1.40 bits per heavy atom. The molecule has 0 bridgehead atoms. The number of fused-ring (bicyclic) bond motifs is 1. The number of hydrogen-bond acceptors (Lipinski definition) is 4. The van der Waals surface area contributed by atoms with Gasteiger partial charge in [0.1, 0.15) is 5.75 Å². The monoisotopic (exact) mass is 275 g/mol. The second kappa shape index (κ2) is 5.16. The molecule has 1 aliphatic heterocycles.